The number of ether oxygens (including phenoxy) is 1. The molecule has 1 aromatic rings. The molecule has 0 aliphatic heterocycles. The number of likely N-dealkylation sites (N-methyl/N-ethyl adjacent to an activating group) is 1. The highest BCUT2D eigenvalue weighted by Gasteiger charge is 2.22. The first-order valence-corrected chi connectivity index (χ1v) is 6.08. The third-order valence-electron chi connectivity index (χ3n) is 2.84. The number of nitrogens with zero attached hydrogens (tertiary/aromatic N) is 1. The Morgan fingerprint density at radius 3 is 2.53 bits per heavy atom. The molecule has 0 bridgehead atoms. The van der Waals surface area contributed by atoms with Gasteiger partial charge in [0.15, 0.2) is 0 Å². The van der Waals surface area contributed by atoms with Crippen LogP contribution in [0.2, 0.25) is 0 Å². The van der Waals surface area contributed by atoms with Crippen molar-refractivity contribution in [3.63, 3.8) is 0 Å². The molecular weight excluding hydrogens is 287 g/mol. The molecule has 0 saturated carbocycles. The summed E-state index contributed by atoms with van der Waals surface area (Å²) in [6, 6.07) is 2.80. The van der Waals surface area contributed by atoms with E-state index < -0.39 is 0 Å². The maximum Gasteiger partial charge on any atom is 0.145 e. The van der Waals surface area contributed by atoms with Gasteiger partial charge in [-0.25, -0.2) is 4.39 Å². The Kier molecular flexibility index (Phi) is 4.38. The van der Waals surface area contributed by atoms with E-state index in [1.54, 1.807) is 0 Å². The van der Waals surface area contributed by atoms with Crippen molar-refractivity contribution in [3.05, 3.63) is 22.4 Å². The molecule has 0 spiro atoms. The van der Waals surface area contributed by atoms with Crippen LogP contribution >= 0.6 is 15.9 Å². The fraction of sp³-hybridized carbons (Fsp3) is 0.500. The lowest BCUT2D eigenvalue weighted by Crippen LogP contribution is -2.43. The van der Waals surface area contributed by atoms with Crippen LogP contribution in [0.15, 0.2) is 16.6 Å². The third-order valence-corrected chi connectivity index (χ3v) is 3.45. The molecule has 5 heteroatoms. The molecule has 1 aromatic carbocycles. The van der Waals surface area contributed by atoms with Crippen molar-refractivity contribution < 1.29 is 9.13 Å². The molecule has 0 aliphatic rings. The zero-order valence-electron chi connectivity index (χ0n) is 10.6. The van der Waals surface area contributed by atoms with Crippen LogP contribution in [0, 0.1) is 5.82 Å². The maximum atomic E-state index is 13.3. The van der Waals surface area contributed by atoms with E-state index in [9.17, 15) is 4.39 Å². The SMILES string of the molecule is CN(C)C(C)(C)COc1cc(F)c(Br)cc1N. The van der Waals surface area contributed by atoms with Crippen LogP contribution in [0.1, 0.15) is 13.8 Å². The quantitative estimate of drug-likeness (QED) is 0.869. The minimum Gasteiger partial charge on any atom is -0.489 e. The van der Waals surface area contributed by atoms with Gasteiger partial charge >= 0.3 is 0 Å². The van der Waals surface area contributed by atoms with E-state index >= 15 is 0 Å². The van der Waals surface area contributed by atoms with Gasteiger partial charge in [-0.1, -0.05) is 0 Å². The molecule has 17 heavy (non-hydrogen) atoms. The van der Waals surface area contributed by atoms with E-state index in [-0.39, 0.29) is 11.4 Å². The maximum absolute atomic E-state index is 13.3. The van der Waals surface area contributed by atoms with Crippen LogP contribution in [0.5, 0.6) is 5.75 Å². The normalized spacial score (nSPS) is 11.9. The van der Waals surface area contributed by atoms with Crippen LogP contribution < -0.4 is 10.5 Å². The van der Waals surface area contributed by atoms with Gasteiger partial charge in [0.25, 0.3) is 0 Å². The van der Waals surface area contributed by atoms with Gasteiger partial charge in [0, 0.05) is 11.6 Å². The lowest BCUT2D eigenvalue weighted by molar-refractivity contribution is 0.114. The third kappa shape index (κ3) is 3.57. The van der Waals surface area contributed by atoms with Crippen molar-refractivity contribution in [3.8, 4) is 5.75 Å². The van der Waals surface area contributed by atoms with E-state index in [1.807, 2.05) is 32.8 Å². The van der Waals surface area contributed by atoms with Crippen molar-refractivity contribution in [2.24, 2.45) is 0 Å². The number of benzene rings is 1. The van der Waals surface area contributed by atoms with E-state index in [2.05, 4.69) is 15.9 Å². The second-order valence-corrected chi connectivity index (χ2v) is 5.65. The second kappa shape index (κ2) is 5.23. The van der Waals surface area contributed by atoms with Crippen molar-refractivity contribution >= 4 is 21.6 Å². The van der Waals surface area contributed by atoms with Crippen LogP contribution in [0.25, 0.3) is 0 Å². The summed E-state index contributed by atoms with van der Waals surface area (Å²) >= 11 is 3.08. The lowest BCUT2D eigenvalue weighted by atomic mass is 10.1. The molecule has 3 nitrogen and oxygen atoms in total. The number of halogens is 2. The smallest absolute Gasteiger partial charge is 0.145 e. The van der Waals surface area contributed by atoms with E-state index in [0.717, 1.165) is 0 Å². The Morgan fingerprint density at radius 2 is 2.00 bits per heavy atom. The van der Waals surface area contributed by atoms with Gasteiger partial charge in [0.05, 0.1) is 10.2 Å². The summed E-state index contributed by atoms with van der Waals surface area (Å²) in [6.45, 7) is 4.52. The molecular formula is C12H18BrFN2O. The molecule has 0 atom stereocenters. The molecule has 0 aromatic heterocycles. The highest BCUT2D eigenvalue weighted by molar-refractivity contribution is 9.10. The van der Waals surface area contributed by atoms with E-state index in [4.69, 9.17) is 10.5 Å². The Morgan fingerprint density at radius 1 is 1.41 bits per heavy atom. The van der Waals surface area contributed by atoms with Gasteiger partial charge in [0.2, 0.25) is 0 Å². The lowest BCUT2D eigenvalue weighted by Gasteiger charge is -2.32. The second-order valence-electron chi connectivity index (χ2n) is 4.80. The van der Waals surface area contributed by atoms with Crippen molar-refractivity contribution in [1.82, 2.24) is 4.90 Å². The fourth-order valence-electron chi connectivity index (χ4n) is 1.05. The zero-order valence-corrected chi connectivity index (χ0v) is 12.1. The summed E-state index contributed by atoms with van der Waals surface area (Å²) in [6.07, 6.45) is 0. The molecule has 0 saturated heterocycles. The van der Waals surface area contributed by atoms with Crippen LogP contribution in [-0.4, -0.2) is 31.1 Å². The Bertz CT molecular complexity index is 408. The largest absolute Gasteiger partial charge is 0.489 e. The number of hydrogen-bond donors (Lipinski definition) is 1. The van der Waals surface area contributed by atoms with Crippen molar-refractivity contribution in [2.45, 2.75) is 19.4 Å². The zero-order chi connectivity index (χ0) is 13.2. The predicted molar refractivity (Wildman–Crippen MR) is 71.8 cm³/mol. The molecule has 96 valence electrons. The van der Waals surface area contributed by atoms with Gasteiger partial charge in [-0.05, 0) is 49.9 Å². The summed E-state index contributed by atoms with van der Waals surface area (Å²) in [5.74, 6) is -0.00233. The Labute approximate surface area is 110 Å². The highest BCUT2D eigenvalue weighted by Crippen LogP contribution is 2.29. The van der Waals surface area contributed by atoms with Gasteiger partial charge in [-0.3, -0.25) is 0 Å². The van der Waals surface area contributed by atoms with Crippen molar-refractivity contribution in [1.29, 1.82) is 0 Å². The minimum absolute atomic E-state index is 0.143. The summed E-state index contributed by atoms with van der Waals surface area (Å²) in [4.78, 5) is 2.04. The molecule has 0 fully saturated rings. The summed E-state index contributed by atoms with van der Waals surface area (Å²) in [7, 11) is 3.93. The monoisotopic (exact) mass is 304 g/mol. The molecule has 2 N–H and O–H groups in total. The molecule has 0 radical (unpaired) electrons. The number of hydrogen-bond acceptors (Lipinski definition) is 3. The summed E-state index contributed by atoms with van der Waals surface area (Å²) in [5.41, 5.74) is 6.04. The van der Waals surface area contributed by atoms with Crippen LogP contribution in [0.3, 0.4) is 0 Å². The van der Waals surface area contributed by atoms with Crippen LogP contribution in [-0.2, 0) is 0 Å². The van der Waals surface area contributed by atoms with E-state index in [1.165, 1.54) is 12.1 Å². The number of nitrogens with two attached hydrogens (primary N) is 1. The molecule has 0 unspecified atom stereocenters. The van der Waals surface area contributed by atoms with Crippen LogP contribution in [0.4, 0.5) is 10.1 Å². The standard InChI is InChI=1S/C12H18BrFN2O/c1-12(2,16(3)4)7-17-11-6-9(14)8(13)5-10(11)15/h5-6H,7,15H2,1-4H3. The molecule has 0 amide bonds. The number of anilines is 1. The van der Waals surface area contributed by atoms with Gasteiger partial charge in [-0.2, -0.15) is 0 Å². The minimum atomic E-state index is -0.378. The first kappa shape index (κ1) is 14.3. The average Bonchev–Trinajstić information content (AvgIpc) is 2.21. The first-order valence-electron chi connectivity index (χ1n) is 5.29. The average molecular weight is 305 g/mol. The molecule has 0 heterocycles. The van der Waals surface area contributed by atoms with Gasteiger partial charge in [0.1, 0.15) is 18.2 Å². The topological polar surface area (TPSA) is 38.5 Å². The number of rotatable bonds is 4. The predicted octanol–water partition coefficient (Wildman–Crippen LogP) is 2.89. The fourth-order valence-corrected chi connectivity index (χ4v) is 1.41. The molecule has 0 aliphatic carbocycles. The van der Waals surface area contributed by atoms with Gasteiger partial charge < -0.3 is 15.4 Å². The van der Waals surface area contributed by atoms with Crippen molar-refractivity contribution in [2.75, 3.05) is 26.4 Å². The summed E-state index contributed by atoms with van der Waals surface area (Å²) < 4.78 is 19.3. The van der Waals surface area contributed by atoms with Gasteiger partial charge in [-0.15, -0.1) is 0 Å². The first-order chi connectivity index (χ1) is 7.74. The molecule has 1 rings (SSSR count). The number of nitrogen functional groups attached to an aromatic ring is 1. The summed E-state index contributed by atoms with van der Waals surface area (Å²) in [5, 5.41) is 0. The Hall–Kier alpha value is -0.810. The Balaban J connectivity index is 2.80. The van der Waals surface area contributed by atoms with E-state index in [0.29, 0.717) is 22.5 Å². The highest BCUT2D eigenvalue weighted by atomic mass is 79.9.